The smallest absolute Gasteiger partial charge is 0.139 e. The summed E-state index contributed by atoms with van der Waals surface area (Å²) < 4.78 is 10.4. The van der Waals surface area contributed by atoms with E-state index in [-0.39, 0.29) is 5.41 Å². The number of benzene rings is 6. The minimum absolute atomic E-state index is 0.147. The van der Waals surface area contributed by atoms with E-state index in [4.69, 9.17) is 55.9 Å². The van der Waals surface area contributed by atoms with Crippen molar-refractivity contribution in [2.75, 3.05) is 52.8 Å². The van der Waals surface area contributed by atoms with E-state index in [2.05, 4.69) is 183 Å². The van der Waals surface area contributed by atoms with Crippen molar-refractivity contribution >= 4 is 115 Å². The maximum Gasteiger partial charge on any atom is 0.139 e. The first kappa shape index (κ1) is 83.6. The van der Waals surface area contributed by atoms with Gasteiger partial charge in [0, 0.05) is 123 Å². The molecule has 6 aromatic carbocycles. The van der Waals surface area contributed by atoms with Gasteiger partial charge in [-0.1, -0.05) is 97.5 Å². The molecule has 0 amide bonds. The predicted molar refractivity (Wildman–Crippen MR) is 443 cm³/mol. The van der Waals surface area contributed by atoms with Gasteiger partial charge in [-0.3, -0.25) is 0 Å². The molecule has 24 heteroatoms. The van der Waals surface area contributed by atoms with Crippen molar-refractivity contribution in [3.05, 3.63) is 269 Å². The van der Waals surface area contributed by atoms with E-state index in [9.17, 15) is 0 Å². The van der Waals surface area contributed by atoms with Gasteiger partial charge in [-0.05, 0) is 217 Å². The first-order valence-corrected chi connectivity index (χ1v) is 35.9. The van der Waals surface area contributed by atoms with Crippen LogP contribution in [0.25, 0.3) is 0 Å². The topological polar surface area (TPSA) is 237 Å². The largest absolute Gasteiger partial charge is 0.495 e. The van der Waals surface area contributed by atoms with Crippen LogP contribution >= 0.6 is 46.4 Å². The molecule has 0 radical (unpaired) electrons. The number of aromatic nitrogens is 12. The normalized spacial score (nSPS) is 10.5. The number of aryl methyl sites for hydroxylation is 16. The number of nitrogens with zero attached hydrogens (tertiary/aromatic N) is 13. The van der Waals surface area contributed by atoms with Gasteiger partial charge in [-0.25, -0.2) is 59.8 Å². The number of ether oxygens (including phenoxy) is 2. The lowest BCUT2D eigenvalue weighted by Crippen LogP contribution is -2.13. The zero-order valence-corrected chi connectivity index (χ0v) is 68.1. The molecule has 0 aliphatic heterocycles. The maximum absolute atomic E-state index is 6.15. The standard InChI is InChI=1S/C16H21N3.C14H16ClN3O.C14H17N3.C13H13Cl2N3.C13H14ClN3O.C13H15N3/c1-11-10-17-12(2)18-15(11)19-14-8-6-7-13(9-14)16(3,4)5;1-9-8-16-10(2)17-14(9)18(3)11-5-6-12(15)13(7-11)19-4;1-9-5-10(2)7-13(6-9)17-14-11(3)8-15-12(4)16-14;1-7-4-12(11(15)5-10(7)14)18-13-8(2)6-16-9(3)17-13;1-8-7-15-9(2)16-13(8)17-10-4-5-11(14)12(6-10)18-3;1-9-5-4-6-12(7-9)16-13-10(2)8-14-11(3)15-13/h6-10H,1-5H3,(H,17,18,19);5-8H,1-4H3;5-8H,1-4H3,(H,15,16,17);4-6H,1-3H3,(H,16,17,18);4-7H,1-3H3,(H,15,16,17);4-8H,1-3H3,(H,14,15,16). The van der Waals surface area contributed by atoms with Crippen molar-refractivity contribution in [2.45, 2.75) is 137 Å². The number of hydrogen-bond acceptors (Lipinski definition) is 20. The van der Waals surface area contributed by atoms with Crippen molar-refractivity contribution in [3.8, 4) is 11.5 Å². The Labute approximate surface area is 650 Å². The Morgan fingerprint density at radius 1 is 0.327 bits per heavy atom. The molecule has 12 aromatic rings. The molecule has 12 rings (SSSR count). The molecule has 20 nitrogen and oxygen atoms in total. The molecule has 107 heavy (non-hydrogen) atoms. The van der Waals surface area contributed by atoms with Crippen LogP contribution in [0.3, 0.4) is 0 Å². The van der Waals surface area contributed by atoms with E-state index < -0.39 is 0 Å². The SMILES string of the molecule is COc1cc(N(C)c2nc(C)ncc2C)ccc1Cl.COc1cc(Nc2nc(C)ncc2C)ccc1Cl.Cc1cc(C)cc(Nc2nc(C)ncc2C)c1.Cc1cccc(Nc2nc(C)ncc2C)c1.Cc1ncc(C)c(Nc2cc(C)c(Cl)cc2Cl)n1.Cc1ncc(C)c(Nc2cccc(C(C)(C)C)c2)n1. The number of hydrogen-bond donors (Lipinski definition) is 5. The minimum Gasteiger partial charge on any atom is -0.495 e. The van der Waals surface area contributed by atoms with Crippen LogP contribution < -0.4 is 41.0 Å². The Hall–Kier alpha value is -10.6. The summed E-state index contributed by atoms with van der Waals surface area (Å²) in [6.07, 6.45) is 10.9. The second kappa shape index (κ2) is 39.1. The van der Waals surface area contributed by atoms with Crippen LogP contribution in [0, 0.1) is 111 Å². The zero-order valence-electron chi connectivity index (χ0n) is 65.1. The van der Waals surface area contributed by atoms with Gasteiger partial charge in [0.1, 0.15) is 81.4 Å². The van der Waals surface area contributed by atoms with Gasteiger partial charge in [-0.2, -0.15) is 0 Å². The van der Waals surface area contributed by atoms with Crippen LogP contribution in [-0.4, -0.2) is 81.1 Å². The van der Waals surface area contributed by atoms with Crippen LogP contribution in [0.1, 0.15) is 117 Å². The molecule has 0 saturated heterocycles. The highest BCUT2D eigenvalue weighted by Crippen LogP contribution is 2.35. The van der Waals surface area contributed by atoms with Gasteiger partial charge < -0.3 is 41.0 Å². The Morgan fingerprint density at radius 3 is 1.14 bits per heavy atom. The van der Waals surface area contributed by atoms with Crippen LogP contribution in [0.15, 0.2) is 152 Å². The Bertz CT molecular complexity index is 5000. The fourth-order valence-corrected chi connectivity index (χ4v) is 10.9. The molecule has 6 aromatic heterocycles. The monoisotopic (exact) mass is 1520 g/mol. The summed E-state index contributed by atoms with van der Waals surface area (Å²) in [6.45, 7) is 38.0. The lowest BCUT2D eigenvalue weighted by atomic mass is 9.87. The van der Waals surface area contributed by atoms with Crippen molar-refractivity contribution in [1.29, 1.82) is 0 Å². The summed E-state index contributed by atoms with van der Waals surface area (Å²) >= 11 is 24.2. The molecule has 0 saturated carbocycles. The average Bonchev–Trinajstić information content (AvgIpc) is 0.834. The Balaban J connectivity index is 0.000000179. The summed E-state index contributed by atoms with van der Waals surface area (Å²) in [5.74, 6) is 10.8. The average molecular weight is 1520 g/mol. The molecule has 0 bridgehead atoms. The van der Waals surface area contributed by atoms with Gasteiger partial charge in [0.15, 0.2) is 0 Å². The van der Waals surface area contributed by atoms with E-state index >= 15 is 0 Å². The Kier molecular flexibility index (Phi) is 30.6. The molecule has 0 aliphatic rings. The van der Waals surface area contributed by atoms with E-state index in [1.54, 1.807) is 38.7 Å². The van der Waals surface area contributed by atoms with Gasteiger partial charge in [0.25, 0.3) is 0 Å². The molecule has 0 unspecified atom stereocenters. The second-order valence-electron chi connectivity index (χ2n) is 26.7. The zero-order chi connectivity index (χ0) is 78.4. The fraction of sp³-hybridized carbons (Fsp3) is 0.277. The van der Waals surface area contributed by atoms with Gasteiger partial charge in [-0.15, -0.1) is 0 Å². The minimum atomic E-state index is 0.147. The summed E-state index contributed by atoms with van der Waals surface area (Å²) in [7, 11) is 5.15. The molecule has 0 spiro atoms. The number of rotatable bonds is 14. The highest BCUT2D eigenvalue weighted by molar-refractivity contribution is 6.37. The first-order chi connectivity index (χ1) is 50.6. The number of halogens is 4. The first-order valence-electron chi connectivity index (χ1n) is 34.4. The fourth-order valence-electron chi connectivity index (χ4n) is 10.1. The summed E-state index contributed by atoms with van der Waals surface area (Å²) in [6, 6.07) is 37.8. The molecule has 558 valence electrons. The van der Waals surface area contributed by atoms with Gasteiger partial charge >= 0.3 is 0 Å². The van der Waals surface area contributed by atoms with Crippen LogP contribution in [0.4, 0.5) is 69.0 Å². The third kappa shape index (κ3) is 25.8. The maximum atomic E-state index is 6.15. The molecule has 0 fully saturated rings. The van der Waals surface area contributed by atoms with Crippen molar-refractivity contribution in [1.82, 2.24) is 59.8 Å². The van der Waals surface area contributed by atoms with E-state index in [0.717, 1.165) is 137 Å². The van der Waals surface area contributed by atoms with Crippen LogP contribution in [0.5, 0.6) is 11.5 Å². The van der Waals surface area contributed by atoms with Gasteiger partial charge in [0.05, 0.1) is 35.0 Å². The van der Waals surface area contributed by atoms with Crippen LogP contribution in [-0.2, 0) is 5.41 Å². The van der Waals surface area contributed by atoms with Crippen molar-refractivity contribution in [2.24, 2.45) is 0 Å². The van der Waals surface area contributed by atoms with Crippen molar-refractivity contribution in [3.63, 3.8) is 0 Å². The van der Waals surface area contributed by atoms with E-state index in [1.165, 1.54) is 22.3 Å². The summed E-state index contributed by atoms with van der Waals surface area (Å²) in [5, 5.41) is 18.9. The lowest BCUT2D eigenvalue weighted by Gasteiger charge is -2.21. The number of methoxy groups -OCH3 is 2. The highest BCUT2D eigenvalue weighted by atomic mass is 35.5. The predicted octanol–water partition coefficient (Wildman–Crippen LogP) is 22.2. The molecular formula is C83H96Cl4N18O2. The molecule has 6 heterocycles. The van der Waals surface area contributed by atoms with E-state index in [1.807, 2.05) is 175 Å². The third-order valence-electron chi connectivity index (χ3n) is 16.0. The molecular weight excluding hydrogens is 1420 g/mol. The second-order valence-corrected chi connectivity index (χ2v) is 28.3. The molecule has 0 atom stereocenters. The Morgan fingerprint density at radius 2 is 0.701 bits per heavy atom. The van der Waals surface area contributed by atoms with Crippen LogP contribution in [0.2, 0.25) is 20.1 Å². The molecule has 0 aliphatic carbocycles. The number of nitrogens with one attached hydrogen (secondary N) is 5. The third-order valence-corrected chi connectivity index (χ3v) is 17.4. The summed E-state index contributed by atoms with van der Waals surface area (Å²) in [4.78, 5) is 53.3. The van der Waals surface area contributed by atoms with Crippen molar-refractivity contribution < 1.29 is 9.47 Å². The molecule has 5 N–H and O–H groups in total. The number of anilines is 12. The highest BCUT2D eigenvalue weighted by Gasteiger charge is 2.16. The van der Waals surface area contributed by atoms with E-state index in [0.29, 0.717) is 37.4 Å². The lowest BCUT2D eigenvalue weighted by molar-refractivity contribution is 0.415. The quantitative estimate of drug-likeness (QED) is 0.0680. The van der Waals surface area contributed by atoms with Gasteiger partial charge in [0.2, 0.25) is 0 Å². The summed E-state index contributed by atoms with van der Waals surface area (Å²) in [5.41, 5.74) is 18.1.